The molecule has 12 heavy (non-hydrogen) atoms. The maximum Gasteiger partial charge on any atom is 0.235 e. The van der Waals surface area contributed by atoms with Crippen LogP contribution in [0, 0.1) is 12.4 Å². The molecule has 0 heterocycles. The number of benzene rings is 1. The molecule has 0 amide bonds. The Labute approximate surface area is 86.7 Å². The highest BCUT2D eigenvalue weighted by Gasteiger charge is 2.07. The lowest BCUT2D eigenvalue weighted by Gasteiger charge is -2.00. The fourth-order valence-electron chi connectivity index (χ4n) is 0.802. The summed E-state index contributed by atoms with van der Waals surface area (Å²) in [4.78, 5) is 3.06. The average Bonchev–Trinajstić information content (AvgIpc) is 2.03. The Balaban J connectivity index is 3.30. The van der Waals surface area contributed by atoms with Gasteiger partial charge in [-0.1, -0.05) is 37.9 Å². The van der Waals surface area contributed by atoms with Crippen LogP contribution in [-0.2, 0) is 5.33 Å². The van der Waals surface area contributed by atoms with Gasteiger partial charge >= 0.3 is 0 Å². The fourth-order valence-corrected chi connectivity index (χ4v) is 1.70. The van der Waals surface area contributed by atoms with E-state index in [0.717, 1.165) is 5.56 Å². The third kappa shape index (κ3) is 1.85. The minimum Gasteiger partial charge on any atom is -0.234 e. The van der Waals surface area contributed by atoms with Crippen molar-refractivity contribution in [3.63, 3.8) is 0 Å². The van der Waals surface area contributed by atoms with Crippen LogP contribution in [0.1, 0.15) is 5.56 Å². The Kier molecular flexibility index (Phi) is 3.24. The molecule has 0 aliphatic carbocycles. The smallest absolute Gasteiger partial charge is 0.234 e. The van der Waals surface area contributed by atoms with E-state index < -0.39 is 5.82 Å². The Hall–Kier alpha value is -0.400. The molecule has 1 rings (SSSR count). The van der Waals surface area contributed by atoms with Crippen LogP contribution >= 0.6 is 31.9 Å². The van der Waals surface area contributed by atoms with Gasteiger partial charge in [-0.05, 0) is 11.6 Å². The van der Waals surface area contributed by atoms with Crippen LogP contribution in [0.15, 0.2) is 16.6 Å². The average molecular weight is 293 g/mol. The van der Waals surface area contributed by atoms with Gasteiger partial charge in [0.2, 0.25) is 5.69 Å². The lowest BCUT2D eigenvalue weighted by atomic mass is 10.2. The molecule has 0 spiro atoms. The molecule has 0 atom stereocenters. The molecular formula is C8H4Br2FN. The Bertz CT molecular complexity index is 320. The van der Waals surface area contributed by atoms with E-state index in [9.17, 15) is 4.39 Å². The van der Waals surface area contributed by atoms with E-state index in [4.69, 9.17) is 6.57 Å². The fraction of sp³-hybridized carbons (Fsp3) is 0.125. The first kappa shape index (κ1) is 9.69. The van der Waals surface area contributed by atoms with Crippen molar-refractivity contribution in [1.82, 2.24) is 0 Å². The van der Waals surface area contributed by atoms with Gasteiger partial charge < -0.3 is 0 Å². The minimum absolute atomic E-state index is 0.0414. The molecule has 1 aromatic carbocycles. The van der Waals surface area contributed by atoms with Crippen molar-refractivity contribution in [2.75, 3.05) is 0 Å². The summed E-state index contributed by atoms with van der Waals surface area (Å²) in [6.07, 6.45) is 0. The van der Waals surface area contributed by atoms with Gasteiger partial charge in [0.1, 0.15) is 5.82 Å². The van der Waals surface area contributed by atoms with Crippen LogP contribution in [0.3, 0.4) is 0 Å². The van der Waals surface area contributed by atoms with E-state index in [1.54, 1.807) is 6.07 Å². The summed E-state index contributed by atoms with van der Waals surface area (Å²) in [7, 11) is 0. The predicted octanol–water partition coefficient (Wildman–Crippen LogP) is 4.03. The molecular weight excluding hydrogens is 289 g/mol. The second kappa shape index (κ2) is 4.01. The molecule has 1 aromatic rings. The van der Waals surface area contributed by atoms with E-state index in [1.165, 1.54) is 6.07 Å². The molecule has 0 saturated carbocycles. The summed E-state index contributed by atoms with van der Waals surface area (Å²) < 4.78 is 13.5. The number of alkyl halides is 1. The highest BCUT2D eigenvalue weighted by molar-refractivity contribution is 9.10. The number of halogens is 3. The number of nitrogens with zero attached hydrogens (tertiary/aromatic N) is 1. The molecule has 0 aromatic heterocycles. The summed E-state index contributed by atoms with van der Waals surface area (Å²) in [5.41, 5.74) is 0.853. The highest BCUT2D eigenvalue weighted by Crippen LogP contribution is 2.30. The van der Waals surface area contributed by atoms with E-state index in [1.807, 2.05) is 0 Å². The molecule has 1 nitrogen and oxygen atoms in total. The maximum absolute atomic E-state index is 13.0. The van der Waals surface area contributed by atoms with Crippen molar-refractivity contribution >= 4 is 37.5 Å². The Morgan fingerprint density at radius 1 is 1.50 bits per heavy atom. The highest BCUT2D eigenvalue weighted by atomic mass is 79.9. The molecule has 0 unspecified atom stereocenters. The van der Waals surface area contributed by atoms with Gasteiger partial charge in [0.05, 0.1) is 6.57 Å². The number of hydrogen-bond donors (Lipinski definition) is 0. The predicted molar refractivity (Wildman–Crippen MR) is 53.0 cm³/mol. The molecule has 4 heteroatoms. The summed E-state index contributed by atoms with van der Waals surface area (Å²) in [5, 5.41) is 0.584. The molecule has 0 radical (unpaired) electrons. The SMILES string of the molecule is [C-]#[N+]c1c(F)cc(CBr)cc1Br. The minimum atomic E-state index is -0.478. The Morgan fingerprint density at radius 2 is 2.17 bits per heavy atom. The third-order valence-corrected chi connectivity index (χ3v) is 2.59. The van der Waals surface area contributed by atoms with Crippen molar-refractivity contribution in [3.8, 4) is 0 Å². The van der Waals surface area contributed by atoms with Crippen molar-refractivity contribution in [3.05, 3.63) is 39.4 Å². The number of rotatable bonds is 1. The van der Waals surface area contributed by atoms with Crippen molar-refractivity contribution < 1.29 is 4.39 Å². The third-order valence-electron chi connectivity index (χ3n) is 1.34. The molecule has 0 aliphatic heterocycles. The molecule has 0 N–H and O–H groups in total. The second-order valence-electron chi connectivity index (χ2n) is 2.15. The van der Waals surface area contributed by atoms with Gasteiger partial charge in [0.15, 0.2) is 0 Å². The van der Waals surface area contributed by atoms with Crippen molar-refractivity contribution in [2.45, 2.75) is 5.33 Å². The van der Waals surface area contributed by atoms with Gasteiger partial charge in [-0.2, -0.15) is 0 Å². The summed E-state index contributed by atoms with van der Waals surface area (Å²) in [6.45, 7) is 6.70. The van der Waals surface area contributed by atoms with E-state index in [0.29, 0.717) is 9.80 Å². The number of hydrogen-bond acceptors (Lipinski definition) is 0. The molecule has 0 saturated heterocycles. The first-order valence-electron chi connectivity index (χ1n) is 3.10. The first-order valence-corrected chi connectivity index (χ1v) is 5.02. The Morgan fingerprint density at radius 3 is 2.58 bits per heavy atom. The van der Waals surface area contributed by atoms with Gasteiger partial charge in [0, 0.05) is 9.80 Å². The second-order valence-corrected chi connectivity index (χ2v) is 3.57. The van der Waals surface area contributed by atoms with Crippen LogP contribution in [0.2, 0.25) is 0 Å². The summed E-state index contributed by atoms with van der Waals surface area (Å²) in [5.74, 6) is -0.478. The van der Waals surface area contributed by atoms with Crippen molar-refractivity contribution in [1.29, 1.82) is 0 Å². The quantitative estimate of drug-likeness (QED) is 0.544. The van der Waals surface area contributed by atoms with Crippen LogP contribution in [0.25, 0.3) is 4.85 Å². The maximum atomic E-state index is 13.0. The zero-order valence-electron chi connectivity index (χ0n) is 5.94. The van der Waals surface area contributed by atoms with E-state index in [-0.39, 0.29) is 5.69 Å². The normalized spacial score (nSPS) is 9.50. The summed E-state index contributed by atoms with van der Waals surface area (Å²) >= 11 is 6.33. The first-order chi connectivity index (χ1) is 5.69. The lowest BCUT2D eigenvalue weighted by molar-refractivity contribution is 0.631. The topological polar surface area (TPSA) is 4.36 Å². The van der Waals surface area contributed by atoms with Gasteiger partial charge in [-0.3, -0.25) is 0 Å². The van der Waals surface area contributed by atoms with Gasteiger partial charge in [0.25, 0.3) is 0 Å². The van der Waals surface area contributed by atoms with Gasteiger partial charge in [-0.15, -0.1) is 0 Å². The zero-order chi connectivity index (χ0) is 9.14. The standard InChI is InChI=1S/C8H4Br2FN/c1-12-8-6(10)2-5(4-9)3-7(8)11/h2-3H,4H2. The monoisotopic (exact) mass is 291 g/mol. The van der Waals surface area contributed by atoms with Crippen LogP contribution in [0.5, 0.6) is 0 Å². The van der Waals surface area contributed by atoms with E-state index in [2.05, 4.69) is 36.7 Å². The van der Waals surface area contributed by atoms with Crippen LogP contribution in [0.4, 0.5) is 10.1 Å². The molecule has 0 fully saturated rings. The largest absolute Gasteiger partial charge is 0.235 e. The van der Waals surface area contributed by atoms with Crippen LogP contribution in [-0.4, -0.2) is 0 Å². The molecule has 0 bridgehead atoms. The van der Waals surface area contributed by atoms with Crippen LogP contribution < -0.4 is 0 Å². The molecule has 62 valence electrons. The van der Waals surface area contributed by atoms with Gasteiger partial charge in [-0.25, -0.2) is 9.24 Å². The lowest BCUT2D eigenvalue weighted by Crippen LogP contribution is -1.82. The zero-order valence-corrected chi connectivity index (χ0v) is 9.11. The summed E-state index contributed by atoms with van der Waals surface area (Å²) in [6, 6.07) is 3.08. The van der Waals surface area contributed by atoms with Crippen molar-refractivity contribution in [2.24, 2.45) is 0 Å². The molecule has 0 aliphatic rings. The van der Waals surface area contributed by atoms with E-state index >= 15 is 0 Å².